The number of halogens is 2. The van der Waals surface area contributed by atoms with Crippen LogP contribution in [0.4, 0.5) is 0 Å². The van der Waals surface area contributed by atoms with Crippen LogP contribution in [-0.4, -0.2) is 38.0 Å². The van der Waals surface area contributed by atoms with Gasteiger partial charge in [-0.15, -0.1) is 0 Å². The molecule has 0 aliphatic heterocycles. The van der Waals surface area contributed by atoms with E-state index in [4.69, 9.17) is 23.2 Å². The number of nitrogens with zero attached hydrogens (tertiary/aromatic N) is 1. The van der Waals surface area contributed by atoms with E-state index in [0.717, 1.165) is 12.1 Å². The van der Waals surface area contributed by atoms with Crippen LogP contribution < -0.4 is 5.32 Å². The normalized spacial score (nSPS) is 12.3. The van der Waals surface area contributed by atoms with E-state index in [2.05, 4.69) is 5.32 Å². The summed E-state index contributed by atoms with van der Waals surface area (Å²) in [7, 11) is 3.66. The van der Waals surface area contributed by atoms with E-state index in [1.54, 1.807) is 24.1 Å². The lowest BCUT2D eigenvalue weighted by atomic mass is 10.00. The Morgan fingerprint density at radius 3 is 2.61 bits per heavy atom. The molecule has 1 amide bonds. The van der Waals surface area contributed by atoms with Crippen molar-refractivity contribution in [2.75, 3.05) is 27.2 Å². The molecule has 1 rings (SSSR count). The first-order valence-electron chi connectivity index (χ1n) is 5.82. The highest BCUT2D eigenvalue weighted by Crippen LogP contribution is 2.27. The van der Waals surface area contributed by atoms with Gasteiger partial charge in [-0.05, 0) is 31.7 Å². The van der Waals surface area contributed by atoms with Gasteiger partial charge in [-0.1, -0.05) is 29.3 Å². The van der Waals surface area contributed by atoms with Crippen molar-refractivity contribution < 1.29 is 4.79 Å². The van der Waals surface area contributed by atoms with Gasteiger partial charge in [0.2, 0.25) is 5.91 Å². The molecule has 1 unspecified atom stereocenters. The summed E-state index contributed by atoms with van der Waals surface area (Å²) in [4.78, 5) is 13.9. The fourth-order valence-corrected chi connectivity index (χ4v) is 1.95. The number of carbonyl (C=O) groups is 1. The lowest BCUT2D eigenvalue weighted by Crippen LogP contribution is -2.35. The van der Waals surface area contributed by atoms with Crippen molar-refractivity contribution in [1.29, 1.82) is 0 Å². The van der Waals surface area contributed by atoms with Gasteiger partial charge in [0.05, 0.1) is 16.0 Å². The Morgan fingerprint density at radius 1 is 1.39 bits per heavy atom. The van der Waals surface area contributed by atoms with E-state index >= 15 is 0 Å². The molecule has 0 bridgehead atoms. The zero-order valence-corrected chi connectivity index (χ0v) is 12.3. The molecule has 1 atom stereocenters. The maximum atomic E-state index is 12.2. The van der Waals surface area contributed by atoms with E-state index < -0.39 is 0 Å². The van der Waals surface area contributed by atoms with Gasteiger partial charge in [0.15, 0.2) is 0 Å². The highest BCUT2D eigenvalue weighted by molar-refractivity contribution is 6.42. The van der Waals surface area contributed by atoms with E-state index in [9.17, 15) is 4.79 Å². The molecule has 0 fully saturated rings. The summed E-state index contributed by atoms with van der Waals surface area (Å²) < 4.78 is 0. The maximum Gasteiger partial charge on any atom is 0.229 e. The average Bonchev–Trinajstić information content (AvgIpc) is 2.37. The molecule has 0 radical (unpaired) electrons. The fourth-order valence-electron chi connectivity index (χ4n) is 1.64. The third kappa shape index (κ3) is 3.87. The molecule has 0 aliphatic carbocycles. The molecule has 0 spiro atoms. The molecule has 0 aromatic heterocycles. The third-order valence-electron chi connectivity index (χ3n) is 2.89. The zero-order valence-electron chi connectivity index (χ0n) is 10.8. The second-order valence-corrected chi connectivity index (χ2v) is 5.07. The van der Waals surface area contributed by atoms with Crippen LogP contribution in [0.2, 0.25) is 10.0 Å². The van der Waals surface area contributed by atoms with Crippen LogP contribution >= 0.6 is 23.2 Å². The molecule has 0 saturated carbocycles. The van der Waals surface area contributed by atoms with Crippen molar-refractivity contribution in [2.45, 2.75) is 12.8 Å². The smallest absolute Gasteiger partial charge is 0.229 e. The van der Waals surface area contributed by atoms with Gasteiger partial charge >= 0.3 is 0 Å². The zero-order chi connectivity index (χ0) is 13.7. The number of hydrogen-bond acceptors (Lipinski definition) is 2. The highest BCUT2D eigenvalue weighted by atomic mass is 35.5. The van der Waals surface area contributed by atoms with Crippen molar-refractivity contribution in [3.05, 3.63) is 33.8 Å². The molecule has 0 heterocycles. The summed E-state index contributed by atoms with van der Waals surface area (Å²) in [5.41, 5.74) is 0.880. The summed E-state index contributed by atoms with van der Waals surface area (Å²) in [5.74, 6) is -0.148. The average molecular weight is 289 g/mol. The quantitative estimate of drug-likeness (QED) is 0.904. The minimum absolute atomic E-state index is 0.0728. The number of amides is 1. The van der Waals surface area contributed by atoms with Gasteiger partial charge in [0, 0.05) is 20.1 Å². The van der Waals surface area contributed by atoms with E-state index in [1.165, 1.54) is 0 Å². The number of hydrogen-bond donors (Lipinski definition) is 1. The van der Waals surface area contributed by atoms with Gasteiger partial charge < -0.3 is 10.2 Å². The van der Waals surface area contributed by atoms with Crippen molar-refractivity contribution in [3.8, 4) is 0 Å². The van der Waals surface area contributed by atoms with Crippen molar-refractivity contribution in [1.82, 2.24) is 10.2 Å². The van der Waals surface area contributed by atoms with Crippen LogP contribution in [0, 0.1) is 0 Å². The van der Waals surface area contributed by atoms with Crippen LogP contribution in [0.25, 0.3) is 0 Å². The van der Waals surface area contributed by atoms with Crippen LogP contribution in [0.15, 0.2) is 18.2 Å². The summed E-state index contributed by atoms with van der Waals surface area (Å²) in [6.07, 6.45) is 0. The second-order valence-electron chi connectivity index (χ2n) is 4.26. The van der Waals surface area contributed by atoms with Crippen molar-refractivity contribution in [3.63, 3.8) is 0 Å². The third-order valence-corrected chi connectivity index (χ3v) is 3.63. The molecule has 18 heavy (non-hydrogen) atoms. The Balaban J connectivity index is 2.76. The topological polar surface area (TPSA) is 32.3 Å². The Bertz CT molecular complexity index is 423. The van der Waals surface area contributed by atoms with Gasteiger partial charge in [-0.2, -0.15) is 0 Å². The molecule has 3 nitrogen and oxygen atoms in total. The first-order valence-corrected chi connectivity index (χ1v) is 6.57. The summed E-state index contributed by atoms with van der Waals surface area (Å²) in [5, 5.41) is 4.00. The Labute approximate surface area is 118 Å². The van der Waals surface area contributed by atoms with Crippen LogP contribution in [0.3, 0.4) is 0 Å². The van der Waals surface area contributed by atoms with Gasteiger partial charge in [0.25, 0.3) is 0 Å². The highest BCUT2D eigenvalue weighted by Gasteiger charge is 2.19. The van der Waals surface area contributed by atoms with Gasteiger partial charge in [-0.3, -0.25) is 4.79 Å². The van der Waals surface area contributed by atoms with Crippen LogP contribution in [0.5, 0.6) is 0 Å². The summed E-state index contributed by atoms with van der Waals surface area (Å²) in [6.45, 7) is 3.33. The largest absolute Gasteiger partial charge is 0.344 e. The Morgan fingerprint density at radius 2 is 2.06 bits per heavy atom. The summed E-state index contributed by atoms with van der Waals surface area (Å²) in [6, 6.07) is 5.30. The predicted octanol–water partition coefficient (Wildman–Crippen LogP) is 2.77. The van der Waals surface area contributed by atoms with Crippen molar-refractivity contribution in [2.24, 2.45) is 0 Å². The predicted molar refractivity (Wildman–Crippen MR) is 76.4 cm³/mol. The number of nitrogens with one attached hydrogen (secondary N) is 1. The maximum absolute atomic E-state index is 12.2. The van der Waals surface area contributed by atoms with E-state index in [1.807, 2.05) is 20.0 Å². The monoisotopic (exact) mass is 288 g/mol. The minimum Gasteiger partial charge on any atom is -0.344 e. The molecule has 100 valence electrons. The number of carbonyl (C=O) groups excluding carboxylic acids is 1. The molecule has 0 saturated heterocycles. The molecular formula is C13H18Cl2N2O. The van der Waals surface area contributed by atoms with E-state index in [0.29, 0.717) is 16.6 Å². The molecule has 1 N–H and O–H groups in total. The van der Waals surface area contributed by atoms with Crippen LogP contribution in [0.1, 0.15) is 18.4 Å². The Hall–Kier alpha value is -0.770. The first kappa shape index (κ1) is 15.3. The molecule has 1 aromatic carbocycles. The molecular weight excluding hydrogens is 271 g/mol. The number of likely N-dealkylation sites (N-methyl/N-ethyl adjacent to an activating group) is 2. The molecule has 1 aromatic rings. The lowest BCUT2D eigenvalue weighted by molar-refractivity contribution is -0.131. The first-order chi connectivity index (χ1) is 8.47. The molecule has 0 aliphatic rings. The summed E-state index contributed by atoms with van der Waals surface area (Å²) >= 11 is 11.8. The molecule has 5 heteroatoms. The SMILES string of the molecule is CNCCN(C)C(=O)C(C)c1ccc(Cl)c(Cl)c1. The Kier molecular flexibility index (Phi) is 5.93. The van der Waals surface area contributed by atoms with Gasteiger partial charge in [-0.25, -0.2) is 0 Å². The van der Waals surface area contributed by atoms with Crippen molar-refractivity contribution >= 4 is 29.1 Å². The van der Waals surface area contributed by atoms with Crippen LogP contribution in [-0.2, 0) is 4.79 Å². The number of rotatable bonds is 5. The second kappa shape index (κ2) is 6.98. The number of benzene rings is 1. The standard InChI is InChI=1S/C13H18Cl2N2O/c1-9(13(18)17(3)7-6-16-2)10-4-5-11(14)12(15)8-10/h4-5,8-9,16H,6-7H2,1-3H3. The lowest BCUT2D eigenvalue weighted by Gasteiger charge is -2.21. The minimum atomic E-state index is -0.221. The van der Waals surface area contributed by atoms with E-state index in [-0.39, 0.29) is 11.8 Å². The van der Waals surface area contributed by atoms with Gasteiger partial charge in [0.1, 0.15) is 0 Å². The fraction of sp³-hybridized carbons (Fsp3) is 0.462.